The minimum absolute atomic E-state index is 0.0687. The van der Waals surface area contributed by atoms with Crippen LogP contribution in [-0.4, -0.2) is 42.6 Å². The van der Waals surface area contributed by atoms with E-state index in [4.69, 9.17) is 24.7 Å². The van der Waals surface area contributed by atoms with Gasteiger partial charge < -0.3 is 24.7 Å². The molecule has 0 saturated heterocycles. The minimum atomic E-state index is -1.00. The summed E-state index contributed by atoms with van der Waals surface area (Å²) >= 11 is 0. The maximum atomic E-state index is 12.4. The summed E-state index contributed by atoms with van der Waals surface area (Å²) < 4.78 is 21.0. The number of nitrogens with two attached hydrogens (primary N) is 1. The van der Waals surface area contributed by atoms with E-state index in [1.54, 1.807) is 13.0 Å². The van der Waals surface area contributed by atoms with E-state index in [0.717, 1.165) is 12.8 Å². The molecular weight excluding hydrogens is 454 g/mol. The summed E-state index contributed by atoms with van der Waals surface area (Å²) in [6.45, 7) is 10.6. The topological polar surface area (TPSA) is 131 Å². The van der Waals surface area contributed by atoms with Crippen LogP contribution >= 0.6 is 0 Å². The number of hydrogen-bond acceptors (Lipinski definition) is 9. The van der Waals surface area contributed by atoms with Crippen molar-refractivity contribution >= 4 is 23.9 Å². The van der Waals surface area contributed by atoms with Gasteiger partial charge in [-0.3, -0.25) is 19.2 Å². The van der Waals surface area contributed by atoms with Gasteiger partial charge in [0.25, 0.3) is 0 Å². The number of benzene rings is 1. The van der Waals surface area contributed by atoms with E-state index in [2.05, 4.69) is 0 Å². The zero-order valence-electron chi connectivity index (χ0n) is 21.6. The SMILES string of the molecule is CCC(C)CC(=O)Oc1ccc(C[C@H](N)C(=O)O[C@H](C)COC(C)=O)cc1OC(=O)CC(C)CC. The van der Waals surface area contributed by atoms with Crippen LogP contribution in [0.25, 0.3) is 0 Å². The Labute approximate surface area is 207 Å². The van der Waals surface area contributed by atoms with Crippen molar-refractivity contribution in [3.63, 3.8) is 0 Å². The van der Waals surface area contributed by atoms with E-state index >= 15 is 0 Å². The summed E-state index contributed by atoms with van der Waals surface area (Å²) in [5.74, 6) is -1.49. The second kappa shape index (κ2) is 15.1. The Balaban J connectivity index is 2.97. The van der Waals surface area contributed by atoms with Gasteiger partial charge in [-0.25, -0.2) is 0 Å². The van der Waals surface area contributed by atoms with Gasteiger partial charge in [-0.15, -0.1) is 0 Å². The van der Waals surface area contributed by atoms with Crippen molar-refractivity contribution in [1.29, 1.82) is 0 Å². The predicted octanol–water partition coefficient (Wildman–Crippen LogP) is 3.73. The van der Waals surface area contributed by atoms with Crippen LogP contribution in [0.15, 0.2) is 18.2 Å². The van der Waals surface area contributed by atoms with Crippen LogP contribution in [0.3, 0.4) is 0 Å². The number of carbonyl (C=O) groups excluding carboxylic acids is 4. The van der Waals surface area contributed by atoms with Crippen LogP contribution in [-0.2, 0) is 35.1 Å². The third-order valence-electron chi connectivity index (χ3n) is 5.48. The highest BCUT2D eigenvalue weighted by Gasteiger charge is 2.22. The summed E-state index contributed by atoms with van der Waals surface area (Å²) in [7, 11) is 0. The van der Waals surface area contributed by atoms with E-state index in [-0.39, 0.29) is 49.2 Å². The molecule has 4 atom stereocenters. The molecule has 1 rings (SSSR count). The normalized spacial score (nSPS) is 14.3. The molecule has 196 valence electrons. The lowest BCUT2D eigenvalue weighted by Crippen LogP contribution is -2.37. The van der Waals surface area contributed by atoms with Crippen LogP contribution < -0.4 is 15.2 Å². The number of ether oxygens (including phenoxy) is 4. The molecular formula is C26H39NO8. The van der Waals surface area contributed by atoms with Gasteiger partial charge in [0.15, 0.2) is 11.5 Å². The lowest BCUT2D eigenvalue weighted by Gasteiger charge is -2.18. The largest absolute Gasteiger partial charge is 0.462 e. The van der Waals surface area contributed by atoms with Crippen molar-refractivity contribution in [3.05, 3.63) is 23.8 Å². The van der Waals surface area contributed by atoms with E-state index in [1.165, 1.54) is 19.1 Å². The lowest BCUT2D eigenvalue weighted by atomic mass is 10.0. The maximum absolute atomic E-state index is 12.4. The first-order valence-corrected chi connectivity index (χ1v) is 12.1. The summed E-state index contributed by atoms with van der Waals surface area (Å²) in [5.41, 5.74) is 6.59. The fraction of sp³-hybridized carbons (Fsp3) is 0.615. The number of rotatable bonds is 14. The fourth-order valence-electron chi connectivity index (χ4n) is 2.92. The molecule has 0 aliphatic carbocycles. The van der Waals surface area contributed by atoms with E-state index in [0.29, 0.717) is 5.56 Å². The summed E-state index contributed by atoms with van der Waals surface area (Å²) in [6.07, 6.45) is 1.54. The van der Waals surface area contributed by atoms with Crippen molar-refractivity contribution in [1.82, 2.24) is 0 Å². The third kappa shape index (κ3) is 11.8. The standard InChI is InChI=1S/C26H39NO8/c1-7-16(3)11-24(29)34-22-10-9-20(14-23(22)35-25(30)12-17(4)8-2)13-21(27)26(31)33-18(5)15-32-19(6)28/h9-10,14,16-18,21H,7-8,11-13,15,27H2,1-6H3/t16?,17?,18-,21+/m1/s1. The van der Waals surface area contributed by atoms with Crippen LogP contribution in [0.4, 0.5) is 0 Å². The molecule has 35 heavy (non-hydrogen) atoms. The van der Waals surface area contributed by atoms with E-state index < -0.39 is 36.0 Å². The first kappa shape index (κ1) is 30.1. The maximum Gasteiger partial charge on any atom is 0.323 e. The number of carbonyl (C=O) groups is 4. The van der Waals surface area contributed by atoms with Gasteiger partial charge >= 0.3 is 23.9 Å². The molecule has 0 amide bonds. The number of esters is 4. The van der Waals surface area contributed by atoms with Crippen molar-refractivity contribution in [3.8, 4) is 11.5 Å². The van der Waals surface area contributed by atoms with Crippen LogP contribution in [0.5, 0.6) is 11.5 Å². The van der Waals surface area contributed by atoms with Gasteiger partial charge in [-0.2, -0.15) is 0 Å². The molecule has 0 radical (unpaired) electrons. The summed E-state index contributed by atoms with van der Waals surface area (Å²) in [6, 6.07) is 3.71. The molecule has 1 aromatic rings. The average molecular weight is 494 g/mol. The van der Waals surface area contributed by atoms with Crippen LogP contribution in [0.1, 0.15) is 72.8 Å². The molecule has 0 aliphatic heterocycles. The molecule has 0 aromatic heterocycles. The Morgan fingerprint density at radius 2 is 1.43 bits per heavy atom. The Hall–Kier alpha value is -2.94. The van der Waals surface area contributed by atoms with Crippen molar-refractivity contribution in [2.24, 2.45) is 17.6 Å². The molecule has 0 aliphatic rings. The van der Waals surface area contributed by atoms with Gasteiger partial charge in [-0.05, 0) is 42.9 Å². The van der Waals surface area contributed by atoms with Gasteiger partial charge in [-0.1, -0.05) is 46.6 Å². The third-order valence-corrected chi connectivity index (χ3v) is 5.48. The summed E-state index contributed by atoms with van der Waals surface area (Å²) in [5, 5.41) is 0. The lowest BCUT2D eigenvalue weighted by molar-refractivity contribution is -0.157. The molecule has 1 aromatic carbocycles. The zero-order chi connectivity index (χ0) is 26.5. The minimum Gasteiger partial charge on any atom is -0.462 e. The second-order valence-corrected chi connectivity index (χ2v) is 9.03. The molecule has 0 spiro atoms. The first-order chi connectivity index (χ1) is 16.4. The van der Waals surface area contributed by atoms with Crippen molar-refractivity contribution < 1.29 is 38.1 Å². The number of hydrogen-bond donors (Lipinski definition) is 1. The molecule has 0 bridgehead atoms. The Bertz CT molecular complexity index is 869. The van der Waals surface area contributed by atoms with Crippen LogP contribution in [0.2, 0.25) is 0 Å². The van der Waals surface area contributed by atoms with E-state index in [9.17, 15) is 19.2 Å². The van der Waals surface area contributed by atoms with E-state index in [1.807, 2.05) is 27.7 Å². The van der Waals surface area contributed by atoms with Crippen molar-refractivity contribution in [2.75, 3.05) is 6.61 Å². The molecule has 9 nitrogen and oxygen atoms in total. The highest BCUT2D eigenvalue weighted by molar-refractivity contribution is 5.77. The smallest absolute Gasteiger partial charge is 0.323 e. The Morgan fingerprint density at radius 1 is 0.886 bits per heavy atom. The van der Waals surface area contributed by atoms with Crippen LogP contribution in [0, 0.1) is 11.8 Å². The molecule has 0 saturated carbocycles. The monoisotopic (exact) mass is 493 g/mol. The highest BCUT2D eigenvalue weighted by Crippen LogP contribution is 2.30. The first-order valence-electron chi connectivity index (χ1n) is 12.1. The molecule has 0 fully saturated rings. The van der Waals surface area contributed by atoms with Gasteiger partial charge in [0.1, 0.15) is 18.8 Å². The summed E-state index contributed by atoms with van der Waals surface area (Å²) in [4.78, 5) is 48.0. The molecule has 9 heteroatoms. The van der Waals surface area contributed by atoms with Gasteiger partial charge in [0.05, 0.1) is 0 Å². The Morgan fingerprint density at radius 3 is 1.94 bits per heavy atom. The molecule has 2 N–H and O–H groups in total. The van der Waals surface area contributed by atoms with Gasteiger partial charge in [0.2, 0.25) is 0 Å². The molecule has 2 unspecified atom stereocenters. The highest BCUT2D eigenvalue weighted by atomic mass is 16.6. The average Bonchev–Trinajstić information content (AvgIpc) is 2.78. The van der Waals surface area contributed by atoms with Gasteiger partial charge in [0, 0.05) is 19.8 Å². The fourth-order valence-corrected chi connectivity index (χ4v) is 2.92. The predicted molar refractivity (Wildman–Crippen MR) is 130 cm³/mol. The second-order valence-electron chi connectivity index (χ2n) is 9.03. The zero-order valence-corrected chi connectivity index (χ0v) is 21.6. The van der Waals surface area contributed by atoms with Crippen molar-refractivity contribution in [2.45, 2.75) is 85.8 Å². The quantitative estimate of drug-likeness (QED) is 0.304. The Kier molecular flexibility index (Phi) is 13.0. The molecule has 0 heterocycles.